The van der Waals surface area contributed by atoms with Gasteiger partial charge in [-0.25, -0.2) is 0 Å². The molecule has 0 unspecified atom stereocenters. The number of ketones is 1. The topological polar surface area (TPSA) is 41.1 Å². The molecule has 26 heavy (non-hydrogen) atoms. The average molecular weight is 358 g/mol. The quantitative estimate of drug-likeness (QED) is 0.534. The van der Waals surface area contributed by atoms with Gasteiger partial charge in [-0.1, -0.05) is 72.8 Å². The highest BCUT2D eigenvalue weighted by molar-refractivity contribution is 7.80. The summed E-state index contributed by atoms with van der Waals surface area (Å²) in [6.45, 7) is 1.90. The number of carbonyl (C=O) groups excluding carboxylic acids is 1. The van der Waals surface area contributed by atoms with Gasteiger partial charge in [0, 0.05) is 16.8 Å². The smallest absolute Gasteiger partial charge is 0.193 e. The lowest BCUT2D eigenvalue weighted by Gasteiger charge is -2.31. The lowest BCUT2D eigenvalue weighted by atomic mass is 9.87. The van der Waals surface area contributed by atoms with Crippen molar-refractivity contribution in [3.63, 3.8) is 0 Å². The minimum absolute atomic E-state index is 0.00327. The molecule has 0 aromatic heterocycles. The first kappa shape index (κ1) is 16.5. The molecule has 0 aliphatic carbocycles. The van der Waals surface area contributed by atoms with E-state index >= 15 is 0 Å². The van der Waals surface area contributed by atoms with Gasteiger partial charge in [0.15, 0.2) is 10.9 Å². The highest BCUT2D eigenvalue weighted by Gasteiger charge is 2.31. The van der Waals surface area contributed by atoms with Crippen molar-refractivity contribution in [2.75, 3.05) is 0 Å². The number of rotatable bonds is 3. The van der Waals surface area contributed by atoms with Crippen molar-refractivity contribution >= 4 is 33.9 Å². The van der Waals surface area contributed by atoms with Gasteiger partial charge in [-0.3, -0.25) is 4.79 Å². The van der Waals surface area contributed by atoms with Crippen LogP contribution in [0.2, 0.25) is 0 Å². The van der Waals surface area contributed by atoms with Crippen molar-refractivity contribution in [2.45, 2.75) is 13.0 Å². The molecule has 1 heterocycles. The van der Waals surface area contributed by atoms with Crippen molar-refractivity contribution in [1.29, 1.82) is 0 Å². The third-order valence-electron chi connectivity index (χ3n) is 4.68. The number of carbonyl (C=O) groups is 1. The summed E-state index contributed by atoms with van der Waals surface area (Å²) in [7, 11) is 0. The summed E-state index contributed by atoms with van der Waals surface area (Å²) >= 11 is 5.37. The van der Waals surface area contributed by atoms with Gasteiger partial charge in [0.25, 0.3) is 0 Å². The van der Waals surface area contributed by atoms with Crippen molar-refractivity contribution in [1.82, 2.24) is 10.6 Å². The van der Waals surface area contributed by atoms with Crippen molar-refractivity contribution in [3.05, 3.63) is 95.2 Å². The lowest BCUT2D eigenvalue weighted by molar-refractivity contribution is 0.102. The van der Waals surface area contributed by atoms with E-state index in [9.17, 15) is 4.79 Å². The summed E-state index contributed by atoms with van der Waals surface area (Å²) in [6.07, 6.45) is 0. The van der Waals surface area contributed by atoms with E-state index in [0.29, 0.717) is 16.2 Å². The molecule has 4 rings (SSSR count). The van der Waals surface area contributed by atoms with Gasteiger partial charge in [0.2, 0.25) is 0 Å². The van der Waals surface area contributed by atoms with Gasteiger partial charge in [-0.2, -0.15) is 0 Å². The van der Waals surface area contributed by atoms with Gasteiger partial charge in [0.05, 0.1) is 6.04 Å². The minimum Gasteiger partial charge on any atom is -0.351 e. The van der Waals surface area contributed by atoms with Crippen LogP contribution in [0.1, 0.15) is 28.9 Å². The molecule has 2 N–H and O–H groups in total. The minimum atomic E-state index is -0.289. The van der Waals surface area contributed by atoms with Crippen molar-refractivity contribution < 1.29 is 4.79 Å². The Morgan fingerprint density at radius 1 is 0.923 bits per heavy atom. The molecule has 1 atom stereocenters. The van der Waals surface area contributed by atoms with Crippen LogP contribution in [0.5, 0.6) is 0 Å². The average Bonchev–Trinajstić information content (AvgIpc) is 2.67. The summed E-state index contributed by atoms with van der Waals surface area (Å²) in [5, 5.41) is 9.19. The van der Waals surface area contributed by atoms with E-state index in [2.05, 4.69) is 34.9 Å². The second-order valence-corrected chi connectivity index (χ2v) is 6.74. The molecular formula is C22H18N2OS. The first-order valence-electron chi connectivity index (χ1n) is 8.51. The number of hydrogen-bond acceptors (Lipinski definition) is 2. The molecule has 1 aliphatic rings. The molecule has 0 saturated heterocycles. The summed E-state index contributed by atoms with van der Waals surface area (Å²) < 4.78 is 0. The molecule has 0 amide bonds. The molecule has 0 bridgehead atoms. The predicted octanol–water partition coefficient (Wildman–Crippen LogP) is 4.52. The van der Waals surface area contributed by atoms with Crippen molar-refractivity contribution in [3.8, 4) is 0 Å². The zero-order valence-corrected chi connectivity index (χ0v) is 15.1. The number of fused-ring (bicyclic) bond motifs is 1. The Kier molecular flexibility index (Phi) is 4.27. The van der Waals surface area contributed by atoms with Crippen LogP contribution >= 0.6 is 12.2 Å². The lowest BCUT2D eigenvalue weighted by Crippen LogP contribution is -2.45. The molecule has 1 aliphatic heterocycles. The maximum Gasteiger partial charge on any atom is 0.193 e. The van der Waals surface area contributed by atoms with E-state index < -0.39 is 0 Å². The number of Topliss-reactive ketones (excluding diaryl/α,β-unsaturated/α-hetero) is 1. The van der Waals surface area contributed by atoms with Gasteiger partial charge in [-0.05, 0) is 35.5 Å². The van der Waals surface area contributed by atoms with Crippen LogP contribution in [-0.4, -0.2) is 10.9 Å². The summed E-state index contributed by atoms with van der Waals surface area (Å²) in [6, 6.07) is 23.4. The van der Waals surface area contributed by atoms with Crippen LogP contribution in [0.15, 0.2) is 84.1 Å². The van der Waals surface area contributed by atoms with Gasteiger partial charge >= 0.3 is 0 Å². The van der Waals surface area contributed by atoms with E-state index in [1.54, 1.807) is 0 Å². The Bertz CT molecular complexity index is 1030. The summed E-state index contributed by atoms with van der Waals surface area (Å²) in [5.74, 6) is 0.00327. The van der Waals surface area contributed by atoms with Crippen LogP contribution in [-0.2, 0) is 0 Å². The molecule has 0 radical (unpaired) electrons. The SMILES string of the molecule is CC1=C(C(=O)c2ccccc2)[C@@H](c2cccc3ccccc23)NC(=S)N1. The third-order valence-corrected chi connectivity index (χ3v) is 4.90. The van der Waals surface area contributed by atoms with Crippen molar-refractivity contribution in [2.24, 2.45) is 0 Å². The number of hydrogen-bond donors (Lipinski definition) is 2. The molecular weight excluding hydrogens is 340 g/mol. The number of benzene rings is 3. The maximum absolute atomic E-state index is 13.3. The van der Waals surface area contributed by atoms with Gasteiger partial charge < -0.3 is 10.6 Å². The first-order valence-corrected chi connectivity index (χ1v) is 8.91. The fourth-order valence-corrected chi connectivity index (χ4v) is 3.75. The number of allylic oxidation sites excluding steroid dienone is 1. The largest absolute Gasteiger partial charge is 0.351 e. The Hall–Kier alpha value is -2.98. The zero-order valence-electron chi connectivity index (χ0n) is 14.3. The zero-order chi connectivity index (χ0) is 18.1. The third kappa shape index (κ3) is 2.89. The van der Waals surface area contributed by atoms with Gasteiger partial charge in [0.1, 0.15) is 0 Å². The Labute approximate surface area is 157 Å². The second kappa shape index (κ2) is 6.73. The van der Waals surface area contributed by atoms with Crippen LogP contribution in [0.4, 0.5) is 0 Å². The normalized spacial score (nSPS) is 17.0. The van der Waals surface area contributed by atoms with Crippen LogP contribution in [0, 0.1) is 0 Å². The van der Waals surface area contributed by atoms with Crippen LogP contribution < -0.4 is 10.6 Å². The number of thiocarbonyl (C=S) groups is 1. The molecule has 3 aromatic rings. The maximum atomic E-state index is 13.3. The van der Waals surface area contributed by atoms with E-state index in [1.165, 1.54) is 0 Å². The van der Waals surface area contributed by atoms with Gasteiger partial charge in [-0.15, -0.1) is 0 Å². The molecule has 128 valence electrons. The molecule has 4 heteroatoms. The Balaban J connectivity index is 1.89. The van der Waals surface area contributed by atoms with Crippen LogP contribution in [0.25, 0.3) is 10.8 Å². The Morgan fingerprint density at radius 2 is 1.62 bits per heavy atom. The fourth-order valence-electron chi connectivity index (χ4n) is 3.48. The molecule has 3 aromatic carbocycles. The number of nitrogens with one attached hydrogen (secondary N) is 2. The molecule has 0 spiro atoms. The van der Waals surface area contributed by atoms with E-state index in [0.717, 1.165) is 22.0 Å². The molecule has 0 fully saturated rings. The summed E-state index contributed by atoms with van der Waals surface area (Å²) in [5.41, 5.74) is 3.20. The highest BCUT2D eigenvalue weighted by Crippen LogP contribution is 2.33. The Morgan fingerprint density at radius 3 is 2.42 bits per heavy atom. The monoisotopic (exact) mass is 358 g/mol. The van der Waals surface area contributed by atoms with E-state index in [4.69, 9.17) is 12.2 Å². The second-order valence-electron chi connectivity index (χ2n) is 6.33. The fraction of sp³-hybridized carbons (Fsp3) is 0.0909. The molecule has 0 saturated carbocycles. The van der Waals surface area contributed by atoms with E-state index in [-0.39, 0.29) is 11.8 Å². The molecule has 3 nitrogen and oxygen atoms in total. The first-order chi connectivity index (χ1) is 12.6. The van der Waals surface area contributed by atoms with E-state index in [1.807, 2.05) is 55.5 Å². The van der Waals surface area contributed by atoms with Crippen LogP contribution in [0.3, 0.4) is 0 Å². The standard InChI is InChI=1S/C22H18N2OS/c1-14-19(21(25)16-9-3-2-4-10-16)20(24-22(26)23-14)18-13-7-11-15-8-5-6-12-17(15)18/h2-13,20H,1H3,(H2,23,24,26)/t20-/m1/s1. The predicted molar refractivity (Wildman–Crippen MR) is 109 cm³/mol. The highest BCUT2D eigenvalue weighted by atomic mass is 32.1. The summed E-state index contributed by atoms with van der Waals surface area (Å²) in [4.78, 5) is 13.3.